The number of sulfone groups is 1. The highest BCUT2D eigenvalue weighted by Gasteiger charge is 2.35. The third-order valence-corrected chi connectivity index (χ3v) is 6.05. The van der Waals surface area contributed by atoms with Crippen molar-refractivity contribution in [3.05, 3.63) is 11.6 Å². The minimum atomic E-state index is -3.06. The lowest BCUT2D eigenvalue weighted by Crippen LogP contribution is -2.34. The molecule has 100 valence electrons. The van der Waals surface area contributed by atoms with Crippen molar-refractivity contribution in [2.24, 2.45) is 5.73 Å². The van der Waals surface area contributed by atoms with Gasteiger partial charge < -0.3 is 10.3 Å². The average Bonchev–Trinajstić information content (AvgIpc) is 2.71. The fraction of sp³-hybridized carbons (Fsp3) is 0.818. The number of hydrogen-bond donors (Lipinski definition) is 1. The zero-order valence-corrected chi connectivity index (χ0v) is 11.1. The monoisotopic (exact) mass is 270 g/mol. The van der Waals surface area contributed by atoms with Crippen LogP contribution in [-0.2, 0) is 22.8 Å². The molecule has 0 amide bonds. The molecule has 0 aliphatic carbocycles. The van der Waals surface area contributed by atoms with Gasteiger partial charge in [0.1, 0.15) is 11.1 Å². The average molecular weight is 270 g/mol. The Bertz CT molecular complexity index is 551. The van der Waals surface area contributed by atoms with E-state index in [4.69, 9.17) is 5.73 Å². The maximum Gasteiger partial charge on any atom is 0.160 e. The molecule has 7 heteroatoms. The first-order valence-electron chi connectivity index (χ1n) is 6.47. The van der Waals surface area contributed by atoms with Crippen molar-refractivity contribution in [3.8, 4) is 0 Å². The first kappa shape index (κ1) is 12.1. The van der Waals surface area contributed by atoms with Crippen molar-refractivity contribution in [1.82, 2.24) is 14.8 Å². The Balaban J connectivity index is 2.00. The zero-order valence-electron chi connectivity index (χ0n) is 10.2. The van der Waals surface area contributed by atoms with E-state index in [1.54, 1.807) is 0 Å². The van der Waals surface area contributed by atoms with Gasteiger partial charge in [-0.05, 0) is 19.3 Å². The van der Waals surface area contributed by atoms with E-state index in [-0.39, 0.29) is 11.8 Å². The maximum atomic E-state index is 12.1. The van der Waals surface area contributed by atoms with Crippen LogP contribution in [0.25, 0.3) is 0 Å². The summed E-state index contributed by atoms with van der Waals surface area (Å²) in [6.07, 6.45) is 4.06. The second-order valence-corrected chi connectivity index (χ2v) is 7.54. The van der Waals surface area contributed by atoms with Crippen molar-refractivity contribution < 1.29 is 8.42 Å². The summed E-state index contributed by atoms with van der Waals surface area (Å²) in [4.78, 5) is 0. The van der Waals surface area contributed by atoms with Crippen LogP contribution in [-0.4, -0.2) is 35.0 Å². The molecule has 2 unspecified atom stereocenters. The van der Waals surface area contributed by atoms with Crippen molar-refractivity contribution in [2.45, 2.75) is 49.9 Å². The topological polar surface area (TPSA) is 90.9 Å². The van der Waals surface area contributed by atoms with E-state index in [0.29, 0.717) is 18.8 Å². The van der Waals surface area contributed by atoms with Gasteiger partial charge in [0, 0.05) is 19.0 Å². The minimum absolute atomic E-state index is 0.0820. The smallest absolute Gasteiger partial charge is 0.160 e. The highest BCUT2D eigenvalue weighted by Crippen LogP contribution is 2.33. The van der Waals surface area contributed by atoms with Gasteiger partial charge in [0.2, 0.25) is 0 Å². The molecule has 1 saturated heterocycles. The number of aromatic nitrogens is 3. The molecule has 2 N–H and O–H groups in total. The van der Waals surface area contributed by atoms with Crippen LogP contribution in [0.15, 0.2) is 0 Å². The van der Waals surface area contributed by atoms with Crippen LogP contribution in [0.3, 0.4) is 0 Å². The summed E-state index contributed by atoms with van der Waals surface area (Å²) in [7, 11) is -3.06. The van der Waals surface area contributed by atoms with Crippen LogP contribution in [0.1, 0.15) is 42.6 Å². The Kier molecular flexibility index (Phi) is 2.90. The fourth-order valence-corrected chi connectivity index (χ4v) is 4.77. The molecule has 2 atom stereocenters. The van der Waals surface area contributed by atoms with Gasteiger partial charge in [-0.3, -0.25) is 0 Å². The van der Waals surface area contributed by atoms with Crippen LogP contribution < -0.4 is 5.73 Å². The number of hydrogen-bond acceptors (Lipinski definition) is 5. The summed E-state index contributed by atoms with van der Waals surface area (Å²) in [5.41, 5.74) is 5.95. The molecule has 18 heavy (non-hydrogen) atoms. The molecule has 0 aromatic carbocycles. The summed E-state index contributed by atoms with van der Waals surface area (Å²) in [5, 5.41) is 7.78. The summed E-state index contributed by atoms with van der Waals surface area (Å²) < 4.78 is 26.2. The van der Waals surface area contributed by atoms with Gasteiger partial charge in [-0.2, -0.15) is 0 Å². The zero-order chi connectivity index (χ0) is 12.8. The molecule has 3 rings (SSSR count). The molecule has 1 fully saturated rings. The Morgan fingerprint density at radius 2 is 2.06 bits per heavy atom. The number of nitrogens with two attached hydrogens (primary N) is 1. The molecular weight excluding hydrogens is 252 g/mol. The molecule has 6 nitrogen and oxygen atoms in total. The first-order valence-corrected chi connectivity index (χ1v) is 8.18. The number of aryl methyl sites for hydroxylation is 1. The Hall–Kier alpha value is -0.950. The molecule has 1 aromatic heterocycles. The lowest BCUT2D eigenvalue weighted by molar-refractivity contribution is 0.435. The van der Waals surface area contributed by atoms with Crippen LogP contribution >= 0.6 is 0 Å². The van der Waals surface area contributed by atoms with E-state index >= 15 is 0 Å². The maximum absolute atomic E-state index is 12.1. The van der Waals surface area contributed by atoms with Gasteiger partial charge in [0.15, 0.2) is 15.7 Å². The lowest BCUT2D eigenvalue weighted by Gasteiger charge is -2.25. The molecule has 0 spiro atoms. The summed E-state index contributed by atoms with van der Waals surface area (Å²) >= 11 is 0. The predicted molar refractivity (Wildman–Crippen MR) is 66.7 cm³/mol. The largest absolute Gasteiger partial charge is 0.326 e. The van der Waals surface area contributed by atoms with Gasteiger partial charge >= 0.3 is 0 Å². The summed E-state index contributed by atoms with van der Waals surface area (Å²) in [6.45, 7) is 0.643. The van der Waals surface area contributed by atoms with Gasteiger partial charge in [0.25, 0.3) is 0 Å². The third-order valence-electron chi connectivity index (χ3n) is 3.88. The summed E-state index contributed by atoms with van der Waals surface area (Å²) in [5.74, 6) is 1.76. The lowest BCUT2D eigenvalue weighted by atomic mass is 10.1. The standard InChI is InChI=1S/C11H18N4O2S/c12-8-4-5-10-13-14-11(15(10)7-8)9-3-1-2-6-18(9,16)17/h8-9H,1-7,12H2. The van der Waals surface area contributed by atoms with E-state index < -0.39 is 15.1 Å². The van der Waals surface area contributed by atoms with Crippen molar-refractivity contribution in [1.29, 1.82) is 0 Å². The Labute approximate surface area is 106 Å². The molecule has 2 aliphatic rings. The van der Waals surface area contributed by atoms with E-state index in [9.17, 15) is 8.42 Å². The van der Waals surface area contributed by atoms with Crippen LogP contribution in [0.4, 0.5) is 0 Å². The quantitative estimate of drug-likeness (QED) is 0.786. The van der Waals surface area contributed by atoms with Gasteiger partial charge in [0.05, 0.1) is 5.75 Å². The number of rotatable bonds is 1. The second-order valence-electron chi connectivity index (χ2n) is 5.24. The highest BCUT2D eigenvalue weighted by atomic mass is 32.2. The molecule has 3 heterocycles. The molecule has 0 saturated carbocycles. The first-order chi connectivity index (χ1) is 8.58. The van der Waals surface area contributed by atoms with E-state index in [1.165, 1.54) is 0 Å². The van der Waals surface area contributed by atoms with Crippen LogP contribution in [0.5, 0.6) is 0 Å². The number of nitrogens with zero attached hydrogens (tertiary/aromatic N) is 3. The molecular formula is C11H18N4O2S. The summed E-state index contributed by atoms with van der Waals surface area (Å²) in [6, 6.07) is 0.0820. The van der Waals surface area contributed by atoms with Gasteiger partial charge in [-0.1, -0.05) is 6.42 Å². The highest BCUT2D eigenvalue weighted by molar-refractivity contribution is 7.91. The third kappa shape index (κ3) is 1.95. The molecule has 2 aliphatic heterocycles. The normalized spacial score (nSPS) is 30.9. The predicted octanol–water partition coefficient (Wildman–Crippen LogP) is 0.191. The molecule has 1 aromatic rings. The SMILES string of the molecule is NC1CCc2nnc(C3CCCCS3(=O)=O)n2C1. The van der Waals surface area contributed by atoms with Crippen LogP contribution in [0, 0.1) is 0 Å². The van der Waals surface area contributed by atoms with Crippen molar-refractivity contribution >= 4 is 9.84 Å². The van der Waals surface area contributed by atoms with Crippen molar-refractivity contribution in [2.75, 3.05) is 5.75 Å². The Morgan fingerprint density at radius 3 is 2.83 bits per heavy atom. The number of fused-ring (bicyclic) bond motifs is 1. The molecule has 0 bridgehead atoms. The molecule has 0 radical (unpaired) electrons. The Morgan fingerprint density at radius 1 is 1.22 bits per heavy atom. The second kappa shape index (κ2) is 4.31. The van der Waals surface area contributed by atoms with Gasteiger partial charge in [-0.15, -0.1) is 10.2 Å². The fourth-order valence-electron chi connectivity index (χ4n) is 2.86. The van der Waals surface area contributed by atoms with Crippen molar-refractivity contribution in [3.63, 3.8) is 0 Å². The van der Waals surface area contributed by atoms with E-state index in [0.717, 1.165) is 31.5 Å². The van der Waals surface area contributed by atoms with Gasteiger partial charge in [-0.25, -0.2) is 8.42 Å². The van der Waals surface area contributed by atoms with Crippen LogP contribution in [0.2, 0.25) is 0 Å². The van der Waals surface area contributed by atoms with E-state index in [2.05, 4.69) is 10.2 Å². The minimum Gasteiger partial charge on any atom is -0.326 e. The van der Waals surface area contributed by atoms with E-state index in [1.807, 2.05) is 4.57 Å².